The van der Waals surface area contributed by atoms with Crippen LogP contribution in [-0.2, 0) is 6.18 Å². The molecule has 15 heteroatoms. The fourth-order valence-corrected chi connectivity index (χ4v) is 8.20. The third-order valence-corrected chi connectivity index (χ3v) is 10.1. The number of alkyl halides is 4. The van der Waals surface area contributed by atoms with E-state index in [4.69, 9.17) is 26.1 Å². The number of aromatic nitrogens is 3. The lowest BCUT2D eigenvalue weighted by Crippen LogP contribution is -2.60. The van der Waals surface area contributed by atoms with Crippen molar-refractivity contribution in [2.24, 2.45) is 0 Å². The van der Waals surface area contributed by atoms with Crippen LogP contribution in [0.5, 0.6) is 17.6 Å². The van der Waals surface area contributed by atoms with Crippen LogP contribution in [0.1, 0.15) is 37.7 Å². The minimum absolute atomic E-state index is 0.0504. The molecule has 5 aliphatic rings. The van der Waals surface area contributed by atoms with Gasteiger partial charge in [0.2, 0.25) is 5.88 Å². The second kappa shape index (κ2) is 9.88. The van der Waals surface area contributed by atoms with E-state index in [2.05, 4.69) is 20.2 Å². The maximum atomic E-state index is 16.6. The van der Waals surface area contributed by atoms with E-state index >= 15 is 4.39 Å². The summed E-state index contributed by atoms with van der Waals surface area (Å²) in [5.74, 6) is -1.58. The molecule has 1 aromatic carbocycles. The van der Waals surface area contributed by atoms with Gasteiger partial charge in [0, 0.05) is 37.2 Å². The molecular weight excluding hydrogens is 611 g/mol. The Kier molecular flexibility index (Phi) is 6.35. The first-order chi connectivity index (χ1) is 21.0. The molecule has 0 radical (unpaired) electrons. The van der Waals surface area contributed by atoms with Gasteiger partial charge in [-0.05, 0) is 44.4 Å². The van der Waals surface area contributed by atoms with Crippen molar-refractivity contribution in [3.63, 3.8) is 0 Å². The number of rotatable bonds is 4. The van der Waals surface area contributed by atoms with Crippen molar-refractivity contribution in [3.05, 3.63) is 28.5 Å². The number of anilines is 1. The summed E-state index contributed by atoms with van der Waals surface area (Å²) in [6, 6.07) is 1.33. The Hall–Kier alpha value is -3.23. The van der Waals surface area contributed by atoms with Crippen LogP contribution >= 0.6 is 11.6 Å². The zero-order valence-corrected chi connectivity index (χ0v) is 24.1. The number of hydrogen-bond acceptors (Lipinski definition) is 9. The summed E-state index contributed by atoms with van der Waals surface area (Å²) in [7, 11) is 0. The highest BCUT2D eigenvalue weighted by molar-refractivity contribution is 6.32. The lowest BCUT2D eigenvalue weighted by molar-refractivity contribution is -0.137. The molecule has 4 fully saturated rings. The molecule has 0 amide bonds. The van der Waals surface area contributed by atoms with Crippen molar-refractivity contribution in [2.45, 2.75) is 68.1 Å². The van der Waals surface area contributed by atoms with Gasteiger partial charge in [0.1, 0.15) is 47.5 Å². The van der Waals surface area contributed by atoms with Crippen LogP contribution in [-0.4, -0.2) is 87.6 Å². The molecular formula is C29H28ClF5N6O3. The van der Waals surface area contributed by atoms with E-state index in [9.17, 15) is 22.7 Å². The number of ether oxygens (including phenoxy) is 2. The summed E-state index contributed by atoms with van der Waals surface area (Å²) in [6.45, 7) is 1.80. The van der Waals surface area contributed by atoms with E-state index in [-0.39, 0.29) is 54.1 Å². The second-order valence-corrected chi connectivity index (χ2v) is 12.8. The molecule has 7 heterocycles. The fraction of sp³-hybridized carbons (Fsp3) is 0.552. The Morgan fingerprint density at radius 3 is 2.84 bits per heavy atom. The Labute approximate surface area is 253 Å². The number of fused-ring (bicyclic) bond motifs is 6. The lowest BCUT2D eigenvalue weighted by atomic mass is 9.95. The number of pyridine rings is 1. The molecule has 0 unspecified atom stereocenters. The predicted molar refractivity (Wildman–Crippen MR) is 150 cm³/mol. The van der Waals surface area contributed by atoms with Crippen LogP contribution in [0.15, 0.2) is 12.1 Å². The third kappa shape index (κ3) is 4.35. The molecule has 0 spiro atoms. The van der Waals surface area contributed by atoms with Gasteiger partial charge in [-0.25, -0.2) is 13.8 Å². The van der Waals surface area contributed by atoms with Gasteiger partial charge in [-0.15, -0.1) is 0 Å². The first-order valence-corrected chi connectivity index (χ1v) is 15.1. The van der Waals surface area contributed by atoms with Gasteiger partial charge < -0.3 is 24.8 Å². The van der Waals surface area contributed by atoms with Crippen molar-refractivity contribution in [1.82, 2.24) is 25.2 Å². The van der Waals surface area contributed by atoms with Crippen molar-refractivity contribution in [3.8, 4) is 28.9 Å². The molecule has 3 aromatic rings. The summed E-state index contributed by atoms with van der Waals surface area (Å²) < 4.78 is 85.8. The van der Waals surface area contributed by atoms with Crippen LogP contribution in [0.2, 0.25) is 5.02 Å². The van der Waals surface area contributed by atoms with Crippen LogP contribution in [0.25, 0.3) is 22.2 Å². The first kappa shape index (κ1) is 28.3. The van der Waals surface area contributed by atoms with E-state index in [1.54, 1.807) is 0 Å². The predicted octanol–water partition coefficient (Wildman–Crippen LogP) is 4.87. The maximum absolute atomic E-state index is 16.6. The van der Waals surface area contributed by atoms with E-state index < -0.39 is 51.3 Å². The molecule has 44 heavy (non-hydrogen) atoms. The smallest absolute Gasteiger partial charge is 0.418 e. The molecule has 0 saturated carbocycles. The zero-order valence-electron chi connectivity index (χ0n) is 23.3. The quantitative estimate of drug-likeness (QED) is 0.388. The first-order valence-electron chi connectivity index (χ1n) is 14.7. The topological polar surface area (TPSA) is 95.9 Å². The summed E-state index contributed by atoms with van der Waals surface area (Å²) >= 11 is 5.93. The number of nitrogens with one attached hydrogen (secondary N) is 1. The minimum Gasteiger partial charge on any atom is -0.508 e. The Balaban J connectivity index is 1.31. The summed E-state index contributed by atoms with van der Waals surface area (Å²) in [5.41, 5.74) is -3.70. The highest BCUT2D eigenvalue weighted by Crippen LogP contribution is 2.48. The van der Waals surface area contributed by atoms with Crippen LogP contribution in [0.3, 0.4) is 0 Å². The number of piperazine rings is 1. The molecule has 2 N–H and O–H groups in total. The summed E-state index contributed by atoms with van der Waals surface area (Å²) in [6.07, 6.45) is -2.22. The number of halogens is 6. The number of phenols is 1. The zero-order chi connectivity index (χ0) is 30.5. The highest BCUT2D eigenvalue weighted by Gasteiger charge is 2.50. The molecule has 5 aliphatic heterocycles. The van der Waals surface area contributed by atoms with Gasteiger partial charge >= 0.3 is 12.2 Å². The molecule has 234 valence electrons. The number of benzene rings is 1. The molecule has 2 bridgehead atoms. The Morgan fingerprint density at radius 1 is 1.18 bits per heavy atom. The minimum atomic E-state index is -4.99. The van der Waals surface area contributed by atoms with Gasteiger partial charge in [0.25, 0.3) is 0 Å². The molecule has 8 rings (SSSR count). The van der Waals surface area contributed by atoms with Crippen molar-refractivity contribution in [2.75, 3.05) is 37.7 Å². The van der Waals surface area contributed by atoms with Crippen LogP contribution in [0, 0.1) is 5.82 Å². The molecule has 4 saturated heterocycles. The molecule has 2 aromatic heterocycles. The van der Waals surface area contributed by atoms with Gasteiger partial charge in [0.15, 0.2) is 5.82 Å². The van der Waals surface area contributed by atoms with Gasteiger partial charge in [-0.3, -0.25) is 4.90 Å². The number of aromatic hydroxyl groups is 1. The number of phenolic OH excluding ortho intramolecular Hbond substituents is 1. The van der Waals surface area contributed by atoms with E-state index in [0.29, 0.717) is 25.3 Å². The van der Waals surface area contributed by atoms with Crippen molar-refractivity contribution >= 4 is 28.3 Å². The monoisotopic (exact) mass is 638 g/mol. The van der Waals surface area contributed by atoms with Gasteiger partial charge in [-0.1, -0.05) is 11.6 Å². The SMILES string of the molecule is Oc1cc(Cl)c(C(F)(F)F)c(-c2nc3c4c(nc(OC[C@@]56CCCN5C[C@H](F)C6)nc4c2F)N2C[C@H]4CC[C@H](N4)[C@@H]2CO3)c1. The molecule has 5 atom stereocenters. The lowest BCUT2D eigenvalue weighted by Gasteiger charge is -2.40. The Bertz CT molecular complexity index is 1680. The van der Waals surface area contributed by atoms with Crippen LogP contribution in [0.4, 0.5) is 27.8 Å². The summed E-state index contributed by atoms with van der Waals surface area (Å²) in [5, 5.41) is 13.0. The van der Waals surface area contributed by atoms with E-state index in [0.717, 1.165) is 44.4 Å². The third-order valence-electron chi connectivity index (χ3n) is 9.78. The number of nitrogens with zero attached hydrogens (tertiary/aromatic N) is 5. The average molecular weight is 639 g/mol. The van der Waals surface area contributed by atoms with E-state index in [1.807, 2.05) is 4.90 Å². The van der Waals surface area contributed by atoms with E-state index in [1.165, 1.54) is 0 Å². The summed E-state index contributed by atoms with van der Waals surface area (Å²) in [4.78, 5) is 17.4. The maximum Gasteiger partial charge on any atom is 0.418 e. The second-order valence-electron chi connectivity index (χ2n) is 12.4. The van der Waals surface area contributed by atoms with Crippen molar-refractivity contribution < 1.29 is 36.5 Å². The molecule has 9 nitrogen and oxygen atoms in total. The largest absolute Gasteiger partial charge is 0.508 e. The van der Waals surface area contributed by atoms with Crippen LogP contribution < -0.4 is 19.7 Å². The number of hydrogen-bond donors (Lipinski definition) is 2. The standard InChI is InChI=1S/C29H28ClF5N6O3/c30-17-7-15(42)6-16(21(17)29(33,34)35)23-22(32)24-20-25(41-10-14-2-3-18(36-14)19(41)11-43-26(20)37-23)39-27(38-24)44-12-28-4-1-5-40(28)9-13(31)8-28/h6-7,13-14,18-19,36,42H,1-5,8-12H2/t13-,14-,18+,19+,28+/m1/s1. The highest BCUT2D eigenvalue weighted by atomic mass is 35.5. The molecule has 0 aliphatic carbocycles. The normalized spacial score (nSPS) is 29.5. The van der Waals surface area contributed by atoms with Gasteiger partial charge in [-0.2, -0.15) is 23.1 Å². The fourth-order valence-electron chi connectivity index (χ4n) is 7.88. The Morgan fingerprint density at radius 2 is 2.02 bits per heavy atom. The van der Waals surface area contributed by atoms with Crippen molar-refractivity contribution in [1.29, 1.82) is 0 Å². The average Bonchev–Trinajstić information content (AvgIpc) is 3.59. The van der Waals surface area contributed by atoms with Gasteiger partial charge in [0.05, 0.1) is 22.2 Å².